The van der Waals surface area contributed by atoms with Crippen molar-refractivity contribution in [3.8, 4) is 22.6 Å². The molecule has 2 amide bonds. The number of carbonyl (C=O) groups is 3. The van der Waals surface area contributed by atoms with Crippen LogP contribution in [0.4, 0.5) is 0 Å². The molecule has 8 nitrogen and oxygen atoms in total. The van der Waals surface area contributed by atoms with Crippen LogP contribution in [0.25, 0.3) is 11.1 Å². The molecule has 0 bridgehead atoms. The number of nitrogens with one attached hydrogen (secondary N) is 2. The molecule has 3 aromatic rings. The van der Waals surface area contributed by atoms with Gasteiger partial charge in [-0.05, 0) is 72.4 Å². The number of rotatable bonds is 10. The number of carbonyl (C=O) groups excluding carboxylic acids is 3. The van der Waals surface area contributed by atoms with Crippen molar-refractivity contribution < 1.29 is 28.6 Å². The third-order valence-corrected chi connectivity index (χ3v) is 7.07. The van der Waals surface area contributed by atoms with Crippen LogP contribution in [-0.4, -0.2) is 62.2 Å². The van der Waals surface area contributed by atoms with Crippen molar-refractivity contribution in [2.24, 2.45) is 0 Å². The summed E-state index contributed by atoms with van der Waals surface area (Å²) in [5.41, 5.74) is 3.12. The van der Waals surface area contributed by atoms with Gasteiger partial charge in [-0.15, -0.1) is 0 Å². The summed E-state index contributed by atoms with van der Waals surface area (Å²) in [4.78, 5) is 38.8. The summed E-state index contributed by atoms with van der Waals surface area (Å²) in [5, 5.41) is 5.73. The highest BCUT2D eigenvalue weighted by Crippen LogP contribution is 2.31. The Kier molecular flexibility index (Phi) is 9.49. The molecule has 1 heterocycles. The van der Waals surface area contributed by atoms with Crippen LogP contribution in [-0.2, 0) is 9.53 Å². The number of methoxy groups -OCH3 is 1. The molecule has 3 aromatic carbocycles. The second-order valence-electron chi connectivity index (χ2n) is 9.11. The Balaban J connectivity index is 1.55. The van der Waals surface area contributed by atoms with E-state index in [2.05, 4.69) is 10.6 Å². The highest BCUT2D eigenvalue weighted by Gasteiger charge is 2.25. The predicted molar refractivity (Wildman–Crippen MR) is 152 cm³/mol. The molecule has 39 heavy (non-hydrogen) atoms. The van der Waals surface area contributed by atoms with Gasteiger partial charge in [-0.1, -0.05) is 36.4 Å². The van der Waals surface area contributed by atoms with Gasteiger partial charge in [0.15, 0.2) is 11.5 Å². The largest absolute Gasteiger partial charge is 0.486 e. The molecule has 1 aliphatic rings. The fraction of sp³-hybridized carbons (Fsp3) is 0.300. The number of hydrogen-bond acceptors (Lipinski definition) is 7. The Morgan fingerprint density at radius 1 is 1.00 bits per heavy atom. The van der Waals surface area contributed by atoms with Crippen LogP contribution in [0.3, 0.4) is 0 Å². The fourth-order valence-electron chi connectivity index (χ4n) is 4.32. The molecule has 0 unspecified atom stereocenters. The summed E-state index contributed by atoms with van der Waals surface area (Å²) in [6.45, 7) is 2.52. The summed E-state index contributed by atoms with van der Waals surface area (Å²) in [5.74, 6) is 0.797. The number of hydrogen-bond donors (Lipinski definition) is 2. The summed E-state index contributed by atoms with van der Waals surface area (Å²) >= 11 is 1.58. The van der Waals surface area contributed by atoms with Gasteiger partial charge in [0, 0.05) is 11.1 Å². The number of esters is 1. The highest BCUT2D eigenvalue weighted by molar-refractivity contribution is 7.98. The van der Waals surface area contributed by atoms with E-state index in [1.807, 2.05) is 61.7 Å². The van der Waals surface area contributed by atoms with Crippen LogP contribution in [0.1, 0.15) is 32.7 Å². The Morgan fingerprint density at radius 2 is 1.74 bits per heavy atom. The van der Waals surface area contributed by atoms with E-state index in [4.69, 9.17) is 14.2 Å². The maximum absolute atomic E-state index is 13.4. The Morgan fingerprint density at radius 3 is 2.49 bits per heavy atom. The molecule has 0 saturated carbocycles. The molecule has 0 spiro atoms. The van der Waals surface area contributed by atoms with Crippen LogP contribution in [0.5, 0.6) is 11.5 Å². The topological polar surface area (TPSA) is 103 Å². The van der Waals surface area contributed by atoms with E-state index in [-0.39, 0.29) is 18.6 Å². The second kappa shape index (κ2) is 13.2. The molecule has 0 aromatic heterocycles. The number of amides is 2. The average molecular weight is 549 g/mol. The van der Waals surface area contributed by atoms with E-state index < -0.39 is 17.9 Å². The van der Waals surface area contributed by atoms with Crippen molar-refractivity contribution >= 4 is 29.5 Å². The predicted octanol–water partition coefficient (Wildman–Crippen LogP) is 4.26. The van der Waals surface area contributed by atoms with Crippen LogP contribution in [0, 0.1) is 6.92 Å². The minimum Gasteiger partial charge on any atom is -0.486 e. The third-order valence-electron chi connectivity index (χ3n) is 6.42. The van der Waals surface area contributed by atoms with Crippen molar-refractivity contribution in [2.75, 3.05) is 32.3 Å². The van der Waals surface area contributed by atoms with Gasteiger partial charge in [-0.2, -0.15) is 11.8 Å². The molecule has 0 saturated heterocycles. The molecular formula is C30H32N2O6S. The molecule has 9 heteroatoms. The third kappa shape index (κ3) is 6.92. The number of benzene rings is 3. The minimum atomic E-state index is -0.773. The number of thioether (sulfide) groups is 1. The summed E-state index contributed by atoms with van der Waals surface area (Å²) in [6, 6.07) is 19.2. The zero-order valence-electron chi connectivity index (χ0n) is 22.2. The van der Waals surface area contributed by atoms with Gasteiger partial charge < -0.3 is 24.8 Å². The van der Waals surface area contributed by atoms with E-state index in [0.29, 0.717) is 47.0 Å². The number of fused-ring (bicyclic) bond motifs is 1. The molecule has 0 fully saturated rings. The maximum Gasteiger partial charge on any atom is 0.328 e. The zero-order chi connectivity index (χ0) is 27.8. The Labute approximate surface area is 232 Å². The van der Waals surface area contributed by atoms with Gasteiger partial charge >= 0.3 is 5.97 Å². The average Bonchev–Trinajstić information content (AvgIpc) is 2.97. The normalized spacial score (nSPS) is 14.7. The van der Waals surface area contributed by atoms with Gasteiger partial charge in [0.05, 0.1) is 13.7 Å². The first-order valence-corrected chi connectivity index (χ1v) is 14.0. The highest BCUT2D eigenvalue weighted by atomic mass is 32.2. The first kappa shape index (κ1) is 28.0. The van der Waals surface area contributed by atoms with Crippen molar-refractivity contribution in [3.05, 3.63) is 83.4 Å². The lowest BCUT2D eigenvalue weighted by atomic mass is 9.93. The van der Waals surface area contributed by atoms with E-state index in [9.17, 15) is 14.4 Å². The summed E-state index contributed by atoms with van der Waals surface area (Å²) in [7, 11) is 1.30. The number of ether oxygens (including phenoxy) is 3. The van der Waals surface area contributed by atoms with Gasteiger partial charge in [-0.25, -0.2) is 4.79 Å². The van der Waals surface area contributed by atoms with Gasteiger partial charge in [0.25, 0.3) is 11.8 Å². The van der Waals surface area contributed by atoms with Gasteiger partial charge in [0.2, 0.25) is 0 Å². The van der Waals surface area contributed by atoms with Gasteiger partial charge in [0.1, 0.15) is 18.8 Å². The molecule has 0 radical (unpaired) electrons. The fourth-order valence-corrected chi connectivity index (χ4v) is 4.79. The van der Waals surface area contributed by atoms with Gasteiger partial charge in [-0.3, -0.25) is 9.59 Å². The molecule has 1 aliphatic heterocycles. The van der Waals surface area contributed by atoms with E-state index in [1.165, 1.54) is 7.11 Å². The molecule has 2 atom stereocenters. The molecular weight excluding hydrogens is 516 g/mol. The smallest absolute Gasteiger partial charge is 0.328 e. The quantitative estimate of drug-likeness (QED) is 0.365. The Hall–Kier alpha value is -3.98. The standard InChI is InChI=1S/C30H32N2O6S/c1-19-8-4-5-9-22(19)24-16-20(12-13-23(24)29(34)32-25(14-15-39-3)30(35)36-2)28(33)31-17-21-18-37-26-10-6-7-11-27(26)38-21/h4-13,16,21,25H,14-15,17-18H2,1-3H3,(H,31,33)(H,32,34)/t21-,25-/m0/s1. The first-order valence-electron chi connectivity index (χ1n) is 12.7. The van der Waals surface area contributed by atoms with Crippen LogP contribution in [0.15, 0.2) is 66.7 Å². The first-order chi connectivity index (χ1) is 18.9. The minimum absolute atomic E-state index is 0.255. The lowest BCUT2D eigenvalue weighted by molar-refractivity contribution is -0.142. The Bertz CT molecular complexity index is 1340. The van der Waals surface area contributed by atoms with Crippen LogP contribution in [0.2, 0.25) is 0 Å². The lowest BCUT2D eigenvalue weighted by Crippen LogP contribution is -2.42. The van der Waals surface area contributed by atoms with Crippen molar-refractivity contribution in [3.63, 3.8) is 0 Å². The molecule has 204 valence electrons. The SMILES string of the molecule is COC(=O)[C@H](CCSC)NC(=O)c1ccc(C(=O)NC[C@H]2COc3ccccc3O2)cc1-c1ccccc1C. The molecule has 0 aliphatic carbocycles. The number of para-hydroxylation sites is 2. The van der Waals surface area contributed by atoms with E-state index in [0.717, 1.165) is 11.1 Å². The van der Waals surface area contributed by atoms with Crippen molar-refractivity contribution in [1.29, 1.82) is 0 Å². The van der Waals surface area contributed by atoms with Crippen LogP contribution < -0.4 is 20.1 Å². The monoisotopic (exact) mass is 548 g/mol. The maximum atomic E-state index is 13.4. The number of aryl methyl sites for hydroxylation is 1. The second-order valence-corrected chi connectivity index (χ2v) is 10.1. The van der Waals surface area contributed by atoms with E-state index >= 15 is 0 Å². The molecule has 2 N–H and O–H groups in total. The van der Waals surface area contributed by atoms with E-state index in [1.54, 1.807) is 30.0 Å². The lowest BCUT2D eigenvalue weighted by Gasteiger charge is -2.26. The van der Waals surface area contributed by atoms with Crippen molar-refractivity contribution in [2.45, 2.75) is 25.5 Å². The zero-order valence-corrected chi connectivity index (χ0v) is 23.0. The van der Waals surface area contributed by atoms with Crippen molar-refractivity contribution in [1.82, 2.24) is 10.6 Å². The summed E-state index contributed by atoms with van der Waals surface area (Å²) in [6.07, 6.45) is 2.04. The van der Waals surface area contributed by atoms with Crippen LogP contribution >= 0.6 is 11.8 Å². The summed E-state index contributed by atoms with van der Waals surface area (Å²) < 4.78 is 16.6. The molecule has 4 rings (SSSR count).